The van der Waals surface area contributed by atoms with E-state index < -0.39 is 0 Å². The highest BCUT2D eigenvalue weighted by Crippen LogP contribution is 2.24. The number of halogens is 1. The summed E-state index contributed by atoms with van der Waals surface area (Å²) in [5.41, 5.74) is 6.95. The molecule has 0 amide bonds. The van der Waals surface area contributed by atoms with Gasteiger partial charge in [0.2, 0.25) is 0 Å². The van der Waals surface area contributed by atoms with Crippen molar-refractivity contribution in [3.05, 3.63) is 35.6 Å². The Morgan fingerprint density at radius 2 is 2.07 bits per heavy atom. The molecule has 1 aromatic rings. The summed E-state index contributed by atoms with van der Waals surface area (Å²) in [6.07, 6.45) is 2.17. The van der Waals surface area contributed by atoms with Gasteiger partial charge in [0, 0.05) is 6.61 Å². The predicted molar refractivity (Wildman–Crippen MR) is 52.3 cm³/mol. The van der Waals surface area contributed by atoms with E-state index in [4.69, 9.17) is 10.5 Å². The minimum atomic E-state index is -0.228. The van der Waals surface area contributed by atoms with Crippen LogP contribution in [0.25, 0.3) is 0 Å². The van der Waals surface area contributed by atoms with Gasteiger partial charge in [-0.15, -0.1) is 0 Å². The Morgan fingerprint density at radius 1 is 1.36 bits per heavy atom. The molecule has 1 aromatic carbocycles. The average molecular weight is 195 g/mol. The first kappa shape index (κ1) is 9.62. The Hall–Kier alpha value is -0.930. The van der Waals surface area contributed by atoms with Crippen molar-refractivity contribution >= 4 is 0 Å². The summed E-state index contributed by atoms with van der Waals surface area (Å²) in [7, 11) is 0. The molecule has 1 heterocycles. The normalized spacial score (nSPS) is 23.7. The molecule has 0 radical (unpaired) electrons. The molecule has 2 N–H and O–H groups in total. The molecule has 0 bridgehead atoms. The van der Waals surface area contributed by atoms with Crippen LogP contribution in [0, 0.1) is 5.82 Å². The lowest BCUT2D eigenvalue weighted by molar-refractivity contribution is 0.0900. The van der Waals surface area contributed by atoms with E-state index in [1.807, 2.05) is 0 Å². The molecule has 0 aliphatic carbocycles. The zero-order valence-corrected chi connectivity index (χ0v) is 7.95. The van der Waals surface area contributed by atoms with Crippen LogP contribution in [-0.2, 0) is 4.74 Å². The minimum absolute atomic E-state index is 0.0976. The van der Waals surface area contributed by atoms with Crippen LogP contribution >= 0.6 is 0 Å². The van der Waals surface area contributed by atoms with Crippen LogP contribution in [0.3, 0.4) is 0 Å². The molecule has 2 atom stereocenters. The van der Waals surface area contributed by atoms with Crippen LogP contribution in [0.1, 0.15) is 24.4 Å². The van der Waals surface area contributed by atoms with Gasteiger partial charge in [0.25, 0.3) is 0 Å². The van der Waals surface area contributed by atoms with Gasteiger partial charge in [-0.3, -0.25) is 0 Å². The second-order valence-electron chi connectivity index (χ2n) is 3.63. The van der Waals surface area contributed by atoms with E-state index in [9.17, 15) is 4.39 Å². The van der Waals surface area contributed by atoms with Gasteiger partial charge in [0.1, 0.15) is 5.82 Å². The first-order valence-electron chi connectivity index (χ1n) is 4.90. The fourth-order valence-electron chi connectivity index (χ4n) is 1.79. The zero-order valence-electron chi connectivity index (χ0n) is 7.95. The summed E-state index contributed by atoms with van der Waals surface area (Å²) in [4.78, 5) is 0. The van der Waals surface area contributed by atoms with Crippen LogP contribution in [0.5, 0.6) is 0 Å². The van der Waals surface area contributed by atoms with Crippen molar-refractivity contribution in [2.75, 3.05) is 6.61 Å². The third-order valence-corrected chi connectivity index (χ3v) is 2.62. The Bertz CT molecular complexity index is 293. The molecular weight excluding hydrogens is 181 g/mol. The lowest BCUT2D eigenvalue weighted by Crippen LogP contribution is -2.25. The smallest absolute Gasteiger partial charge is 0.123 e. The molecule has 2 rings (SSSR count). The molecule has 0 saturated carbocycles. The first-order chi connectivity index (χ1) is 6.77. The number of rotatable bonds is 2. The molecule has 2 unspecified atom stereocenters. The highest BCUT2D eigenvalue weighted by Gasteiger charge is 2.23. The van der Waals surface area contributed by atoms with E-state index in [1.54, 1.807) is 12.1 Å². The van der Waals surface area contributed by atoms with E-state index in [-0.39, 0.29) is 18.0 Å². The molecule has 1 aliphatic rings. The fraction of sp³-hybridized carbons (Fsp3) is 0.455. The number of ether oxygens (including phenoxy) is 1. The van der Waals surface area contributed by atoms with Crippen molar-refractivity contribution in [2.45, 2.75) is 25.0 Å². The van der Waals surface area contributed by atoms with Crippen molar-refractivity contribution in [1.29, 1.82) is 0 Å². The van der Waals surface area contributed by atoms with Gasteiger partial charge in [-0.05, 0) is 30.5 Å². The average Bonchev–Trinajstić information content (AvgIpc) is 2.71. The van der Waals surface area contributed by atoms with E-state index >= 15 is 0 Å². The SMILES string of the molecule is NC(c1ccc(F)cc1)C1CCCO1. The molecule has 1 aliphatic heterocycles. The molecule has 0 spiro atoms. The quantitative estimate of drug-likeness (QED) is 0.783. The van der Waals surface area contributed by atoms with Gasteiger partial charge in [-0.25, -0.2) is 4.39 Å². The lowest BCUT2D eigenvalue weighted by Gasteiger charge is -2.18. The Labute approximate surface area is 82.9 Å². The van der Waals surface area contributed by atoms with Crippen molar-refractivity contribution in [1.82, 2.24) is 0 Å². The van der Waals surface area contributed by atoms with Crippen molar-refractivity contribution < 1.29 is 9.13 Å². The van der Waals surface area contributed by atoms with Gasteiger partial charge in [0.15, 0.2) is 0 Å². The summed E-state index contributed by atoms with van der Waals surface area (Å²) < 4.78 is 18.1. The largest absolute Gasteiger partial charge is 0.376 e. The van der Waals surface area contributed by atoms with Crippen LogP contribution in [-0.4, -0.2) is 12.7 Å². The van der Waals surface area contributed by atoms with Crippen molar-refractivity contribution in [3.8, 4) is 0 Å². The van der Waals surface area contributed by atoms with E-state index in [0.29, 0.717) is 0 Å². The van der Waals surface area contributed by atoms with Crippen LogP contribution in [0.15, 0.2) is 24.3 Å². The van der Waals surface area contributed by atoms with Gasteiger partial charge >= 0.3 is 0 Å². The summed E-state index contributed by atoms with van der Waals surface area (Å²) in [6, 6.07) is 6.19. The fourth-order valence-corrected chi connectivity index (χ4v) is 1.79. The monoisotopic (exact) mass is 195 g/mol. The van der Waals surface area contributed by atoms with Crippen molar-refractivity contribution in [2.24, 2.45) is 5.73 Å². The molecular formula is C11H14FNO. The van der Waals surface area contributed by atoms with E-state index in [0.717, 1.165) is 25.0 Å². The second kappa shape index (κ2) is 4.07. The topological polar surface area (TPSA) is 35.2 Å². The summed E-state index contributed by atoms with van der Waals surface area (Å²) in [6.45, 7) is 0.791. The van der Waals surface area contributed by atoms with Crippen LogP contribution in [0.4, 0.5) is 4.39 Å². The highest BCUT2D eigenvalue weighted by molar-refractivity contribution is 5.20. The summed E-state index contributed by atoms with van der Waals surface area (Å²) in [5, 5.41) is 0. The Balaban J connectivity index is 2.09. The molecule has 1 saturated heterocycles. The molecule has 0 aromatic heterocycles. The predicted octanol–water partition coefficient (Wildman–Crippen LogP) is 2.00. The maximum Gasteiger partial charge on any atom is 0.123 e. The van der Waals surface area contributed by atoms with Gasteiger partial charge in [-0.2, -0.15) is 0 Å². The standard InChI is InChI=1S/C11H14FNO/c12-9-5-3-8(4-6-9)11(13)10-2-1-7-14-10/h3-6,10-11H,1-2,7,13H2. The second-order valence-corrected chi connectivity index (χ2v) is 3.63. The number of nitrogens with two attached hydrogens (primary N) is 1. The molecule has 76 valence electrons. The third kappa shape index (κ3) is 1.94. The summed E-state index contributed by atoms with van der Waals surface area (Å²) >= 11 is 0. The zero-order chi connectivity index (χ0) is 9.97. The maximum atomic E-state index is 12.7. The van der Waals surface area contributed by atoms with Crippen LogP contribution in [0.2, 0.25) is 0 Å². The molecule has 3 heteroatoms. The molecule has 14 heavy (non-hydrogen) atoms. The molecule has 2 nitrogen and oxygen atoms in total. The maximum absolute atomic E-state index is 12.7. The number of hydrogen-bond acceptors (Lipinski definition) is 2. The van der Waals surface area contributed by atoms with Crippen molar-refractivity contribution in [3.63, 3.8) is 0 Å². The van der Waals surface area contributed by atoms with Crippen LogP contribution < -0.4 is 5.73 Å². The minimum Gasteiger partial charge on any atom is -0.376 e. The molecule has 1 fully saturated rings. The lowest BCUT2D eigenvalue weighted by atomic mass is 10.0. The summed E-state index contributed by atoms with van der Waals surface area (Å²) in [5.74, 6) is -0.228. The Morgan fingerprint density at radius 3 is 2.64 bits per heavy atom. The van der Waals surface area contributed by atoms with Gasteiger partial charge < -0.3 is 10.5 Å². The van der Waals surface area contributed by atoms with E-state index in [2.05, 4.69) is 0 Å². The number of benzene rings is 1. The third-order valence-electron chi connectivity index (χ3n) is 2.62. The van der Waals surface area contributed by atoms with E-state index in [1.165, 1.54) is 12.1 Å². The van der Waals surface area contributed by atoms with Gasteiger partial charge in [-0.1, -0.05) is 12.1 Å². The first-order valence-corrected chi connectivity index (χ1v) is 4.90. The number of hydrogen-bond donors (Lipinski definition) is 1. The Kier molecular flexibility index (Phi) is 2.79. The highest BCUT2D eigenvalue weighted by atomic mass is 19.1. The van der Waals surface area contributed by atoms with Gasteiger partial charge in [0.05, 0.1) is 12.1 Å².